The minimum atomic E-state index is -0.470. The Morgan fingerprint density at radius 2 is 1.93 bits per heavy atom. The smallest absolute Gasteiger partial charge is 0.274 e. The van der Waals surface area contributed by atoms with E-state index in [4.69, 9.17) is 0 Å². The molecule has 1 amide bonds. The van der Waals surface area contributed by atoms with Gasteiger partial charge in [-0.25, -0.2) is 9.66 Å². The zero-order valence-electron chi connectivity index (χ0n) is 17.4. The van der Waals surface area contributed by atoms with Gasteiger partial charge in [-0.15, -0.1) is 11.3 Å². The van der Waals surface area contributed by atoms with Crippen molar-refractivity contribution in [2.75, 3.05) is 4.90 Å². The summed E-state index contributed by atoms with van der Waals surface area (Å²) >= 11 is 1.31. The average molecular weight is 420 g/mol. The number of hydrogen-bond donors (Lipinski definition) is 0. The van der Waals surface area contributed by atoms with Crippen LogP contribution in [0.4, 0.5) is 10.8 Å². The molecule has 0 fully saturated rings. The first-order valence-electron chi connectivity index (χ1n) is 9.24. The molecule has 0 radical (unpaired) electrons. The summed E-state index contributed by atoms with van der Waals surface area (Å²) < 4.78 is 1.18. The maximum atomic E-state index is 12.5. The highest BCUT2D eigenvalue weighted by Gasteiger charge is 2.18. The van der Waals surface area contributed by atoms with Crippen LogP contribution in [0.3, 0.4) is 0 Å². The van der Waals surface area contributed by atoms with Gasteiger partial charge in [0.2, 0.25) is 5.91 Å². The van der Waals surface area contributed by atoms with Crippen LogP contribution in [0.1, 0.15) is 40.6 Å². The zero-order valence-corrected chi connectivity index (χ0v) is 18.2. The minimum absolute atomic E-state index is 0.0641. The molecule has 0 saturated carbocycles. The van der Waals surface area contributed by atoms with Crippen LogP contribution in [0.5, 0.6) is 0 Å². The molecule has 0 spiro atoms. The number of pyridine rings is 1. The van der Waals surface area contributed by atoms with Gasteiger partial charge in [0.25, 0.3) is 5.56 Å². The Kier molecular flexibility index (Phi) is 5.94. The molecule has 0 aliphatic rings. The third-order valence-corrected chi connectivity index (χ3v) is 5.59. The Hall–Kier alpha value is -3.57. The number of benzene rings is 1. The number of rotatable bonds is 4. The first-order chi connectivity index (χ1) is 14.2. The Morgan fingerprint density at radius 3 is 2.57 bits per heavy atom. The number of aromatic nitrogens is 2. The highest BCUT2D eigenvalue weighted by molar-refractivity contribution is 7.14. The van der Waals surface area contributed by atoms with E-state index in [0.717, 1.165) is 16.8 Å². The van der Waals surface area contributed by atoms with Crippen LogP contribution in [0.15, 0.2) is 39.5 Å². The second-order valence-corrected chi connectivity index (χ2v) is 7.83. The largest absolute Gasteiger partial charge is 0.289 e. The average Bonchev–Trinajstić information content (AvgIpc) is 3.12. The van der Waals surface area contributed by atoms with Crippen LogP contribution in [-0.4, -0.2) is 21.8 Å². The summed E-state index contributed by atoms with van der Waals surface area (Å²) in [6.07, 6.45) is 1.45. The molecule has 0 aliphatic carbocycles. The van der Waals surface area contributed by atoms with E-state index in [1.165, 1.54) is 29.2 Å². The summed E-state index contributed by atoms with van der Waals surface area (Å²) in [5.41, 5.74) is 4.31. The van der Waals surface area contributed by atoms with Crippen LogP contribution in [-0.2, 0) is 4.79 Å². The van der Waals surface area contributed by atoms with E-state index in [2.05, 4.69) is 10.1 Å². The maximum Gasteiger partial charge on any atom is 0.289 e. The molecule has 2 heterocycles. The van der Waals surface area contributed by atoms with Gasteiger partial charge in [0.1, 0.15) is 11.6 Å². The molecule has 0 N–H and O–H groups in total. The zero-order chi connectivity index (χ0) is 22.0. The van der Waals surface area contributed by atoms with Crippen molar-refractivity contribution in [3.8, 4) is 6.07 Å². The van der Waals surface area contributed by atoms with Gasteiger partial charge in [-0.1, -0.05) is 6.07 Å². The number of amides is 1. The fourth-order valence-electron chi connectivity index (χ4n) is 3.01. The van der Waals surface area contributed by atoms with Crippen LogP contribution >= 0.6 is 11.3 Å². The lowest BCUT2D eigenvalue weighted by Gasteiger charge is -2.19. The predicted octanol–water partition coefficient (Wildman–Crippen LogP) is 3.98. The molecule has 1 aromatic carbocycles. The second-order valence-electron chi connectivity index (χ2n) is 6.99. The molecule has 8 heteroatoms. The molecule has 0 bridgehead atoms. The first-order valence-corrected chi connectivity index (χ1v) is 10.1. The van der Waals surface area contributed by atoms with Crippen LogP contribution < -0.4 is 10.5 Å². The van der Waals surface area contributed by atoms with Crippen molar-refractivity contribution in [2.45, 2.75) is 34.6 Å². The highest BCUT2D eigenvalue weighted by Crippen LogP contribution is 2.29. The molecule has 0 unspecified atom stereocenters. The Bertz CT molecular complexity index is 1260. The van der Waals surface area contributed by atoms with E-state index in [9.17, 15) is 14.9 Å². The van der Waals surface area contributed by atoms with Gasteiger partial charge in [-0.05, 0) is 62.6 Å². The van der Waals surface area contributed by atoms with Crippen LogP contribution in [0.2, 0.25) is 0 Å². The van der Waals surface area contributed by atoms with Crippen molar-refractivity contribution in [3.05, 3.63) is 73.6 Å². The minimum Gasteiger partial charge on any atom is -0.274 e. The summed E-state index contributed by atoms with van der Waals surface area (Å²) in [5, 5.41) is 15.7. The number of carbonyl (C=O) groups is 1. The van der Waals surface area contributed by atoms with Crippen molar-refractivity contribution < 1.29 is 4.79 Å². The lowest BCUT2D eigenvalue weighted by atomic mass is 10.1. The van der Waals surface area contributed by atoms with Gasteiger partial charge >= 0.3 is 0 Å². The van der Waals surface area contributed by atoms with Crippen molar-refractivity contribution in [1.82, 2.24) is 9.66 Å². The highest BCUT2D eigenvalue weighted by atomic mass is 32.1. The standard InChI is InChI=1S/C22H21N5O2S/c1-13-6-7-19(9-14(13)2)26(17(5)28)22-25-18(12-30-22)11-24-27-16(4)8-15(3)20(10-23)21(27)29/h6-9,11-12H,1-5H3/b24-11-. The summed E-state index contributed by atoms with van der Waals surface area (Å²) in [7, 11) is 0. The molecule has 0 aliphatic heterocycles. The van der Waals surface area contributed by atoms with Crippen molar-refractivity contribution in [3.63, 3.8) is 0 Å². The normalized spacial score (nSPS) is 10.9. The van der Waals surface area contributed by atoms with E-state index in [-0.39, 0.29) is 11.5 Å². The lowest BCUT2D eigenvalue weighted by molar-refractivity contribution is -0.115. The molecule has 30 heavy (non-hydrogen) atoms. The second kappa shape index (κ2) is 8.43. The van der Waals surface area contributed by atoms with E-state index in [0.29, 0.717) is 22.1 Å². The maximum absolute atomic E-state index is 12.5. The number of hydrogen-bond acceptors (Lipinski definition) is 6. The van der Waals surface area contributed by atoms with Gasteiger partial charge in [-0.2, -0.15) is 10.4 Å². The number of nitrogens with zero attached hydrogens (tertiary/aromatic N) is 5. The quantitative estimate of drug-likeness (QED) is 0.598. The summed E-state index contributed by atoms with van der Waals surface area (Å²) in [5.74, 6) is -0.152. The number of anilines is 2. The molecular weight excluding hydrogens is 398 g/mol. The summed E-state index contributed by atoms with van der Waals surface area (Å²) in [4.78, 5) is 30.8. The van der Waals surface area contributed by atoms with E-state index in [1.54, 1.807) is 30.2 Å². The Balaban J connectivity index is 1.96. The number of aryl methyl sites for hydroxylation is 4. The fourth-order valence-corrected chi connectivity index (χ4v) is 3.84. The van der Waals surface area contributed by atoms with E-state index in [1.807, 2.05) is 38.1 Å². The van der Waals surface area contributed by atoms with Crippen molar-refractivity contribution in [1.29, 1.82) is 5.26 Å². The van der Waals surface area contributed by atoms with Gasteiger partial charge in [0.05, 0.1) is 17.6 Å². The molecule has 0 saturated heterocycles. The van der Waals surface area contributed by atoms with Gasteiger partial charge < -0.3 is 0 Å². The van der Waals surface area contributed by atoms with Gasteiger partial charge in [0, 0.05) is 18.0 Å². The third kappa shape index (κ3) is 4.07. The topological polar surface area (TPSA) is 91.3 Å². The fraction of sp³-hybridized carbons (Fsp3) is 0.227. The van der Waals surface area contributed by atoms with Gasteiger partial charge in [-0.3, -0.25) is 14.5 Å². The van der Waals surface area contributed by atoms with Crippen LogP contribution in [0, 0.1) is 39.0 Å². The molecule has 7 nitrogen and oxygen atoms in total. The summed E-state index contributed by atoms with van der Waals surface area (Å²) in [6.45, 7) is 8.96. The number of carbonyl (C=O) groups excluding carboxylic acids is 1. The molecule has 0 atom stereocenters. The molecular formula is C22H21N5O2S. The van der Waals surface area contributed by atoms with Crippen LogP contribution in [0.25, 0.3) is 0 Å². The molecule has 2 aromatic heterocycles. The number of thiazole rings is 1. The van der Waals surface area contributed by atoms with E-state index < -0.39 is 5.56 Å². The monoisotopic (exact) mass is 419 g/mol. The Morgan fingerprint density at radius 1 is 1.20 bits per heavy atom. The lowest BCUT2D eigenvalue weighted by Crippen LogP contribution is -2.23. The molecule has 3 aromatic rings. The van der Waals surface area contributed by atoms with Crippen molar-refractivity contribution >= 4 is 34.3 Å². The third-order valence-electron chi connectivity index (χ3n) is 4.74. The molecule has 152 valence electrons. The molecule has 3 rings (SSSR count). The SMILES string of the molecule is CC(=O)N(c1ccc(C)c(C)c1)c1nc(/C=N\n2c(C)cc(C)c(C#N)c2=O)cs1. The van der Waals surface area contributed by atoms with Gasteiger partial charge in [0.15, 0.2) is 5.13 Å². The van der Waals surface area contributed by atoms with E-state index >= 15 is 0 Å². The predicted molar refractivity (Wildman–Crippen MR) is 119 cm³/mol. The summed E-state index contributed by atoms with van der Waals surface area (Å²) in [6, 6.07) is 9.46. The van der Waals surface area contributed by atoms with Crippen molar-refractivity contribution in [2.24, 2.45) is 5.10 Å². The Labute approximate surface area is 178 Å². The first kappa shape index (κ1) is 21.1. The number of nitriles is 1.